The Kier molecular flexibility index (Phi) is 3.15. The summed E-state index contributed by atoms with van der Waals surface area (Å²) >= 11 is 0. The molecule has 2 aliphatic carbocycles. The van der Waals surface area contributed by atoms with Gasteiger partial charge in [-0.3, -0.25) is 14.5 Å². The zero-order valence-electron chi connectivity index (χ0n) is 11.7. The summed E-state index contributed by atoms with van der Waals surface area (Å²) in [4.78, 5) is 38.3. The van der Waals surface area contributed by atoms with Gasteiger partial charge in [-0.1, -0.05) is 25.5 Å². The first-order valence-corrected chi connectivity index (χ1v) is 7.23. The molecule has 1 saturated heterocycles. The number of likely N-dealkylation sites (tertiary alicyclic amines) is 1. The Morgan fingerprint density at radius 3 is 2.30 bits per heavy atom. The van der Waals surface area contributed by atoms with E-state index in [0.29, 0.717) is 6.42 Å². The smallest absolute Gasteiger partial charge is 0.329 e. The Bertz CT molecular complexity index is 468. The number of carbonyl (C=O) groups excluding carboxylic acids is 3. The summed E-state index contributed by atoms with van der Waals surface area (Å²) in [6.45, 7) is 1.92. The van der Waals surface area contributed by atoms with Crippen molar-refractivity contribution < 1.29 is 19.1 Å². The number of imide groups is 1. The van der Waals surface area contributed by atoms with Gasteiger partial charge in [0.2, 0.25) is 11.8 Å². The second kappa shape index (κ2) is 4.72. The van der Waals surface area contributed by atoms with Gasteiger partial charge < -0.3 is 4.74 Å². The summed E-state index contributed by atoms with van der Waals surface area (Å²) in [5.74, 6) is -1.00. The molecule has 3 rings (SSSR count). The van der Waals surface area contributed by atoms with Crippen LogP contribution in [0.5, 0.6) is 0 Å². The Morgan fingerprint density at radius 2 is 1.85 bits per heavy atom. The number of methoxy groups -OCH3 is 1. The second-order valence-corrected chi connectivity index (χ2v) is 5.87. The van der Waals surface area contributed by atoms with Gasteiger partial charge in [-0.2, -0.15) is 0 Å². The number of fused-ring (bicyclic) bond motifs is 5. The maximum absolute atomic E-state index is 12.6. The van der Waals surface area contributed by atoms with Gasteiger partial charge in [-0.25, -0.2) is 4.79 Å². The normalized spacial score (nSPS) is 35.6. The third kappa shape index (κ3) is 1.65. The summed E-state index contributed by atoms with van der Waals surface area (Å²) in [5.41, 5.74) is 0. The van der Waals surface area contributed by atoms with E-state index in [0.717, 1.165) is 12.8 Å². The third-order valence-corrected chi connectivity index (χ3v) is 4.85. The lowest BCUT2D eigenvalue weighted by molar-refractivity contribution is -0.157. The van der Waals surface area contributed by atoms with Crippen LogP contribution in [0.1, 0.15) is 26.2 Å². The molecular weight excluding hydrogens is 258 g/mol. The fraction of sp³-hybridized carbons (Fsp3) is 0.667. The van der Waals surface area contributed by atoms with Crippen molar-refractivity contribution in [1.29, 1.82) is 0 Å². The van der Waals surface area contributed by atoms with E-state index in [-0.39, 0.29) is 35.5 Å². The average Bonchev–Trinajstić information content (AvgIpc) is 3.11. The summed E-state index contributed by atoms with van der Waals surface area (Å²) in [6, 6.07) is -0.755. The van der Waals surface area contributed by atoms with Gasteiger partial charge in [-0.15, -0.1) is 0 Å². The second-order valence-electron chi connectivity index (χ2n) is 5.87. The lowest BCUT2D eigenvalue weighted by Crippen LogP contribution is -2.46. The number of nitrogens with zero attached hydrogens (tertiary/aromatic N) is 1. The van der Waals surface area contributed by atoms with Crippen LogP contribution >= 0.6 is 0 Å². The van der Waals surface area contributed by atoms with Crippen LogP contribution in [0.4, 0.5) is 0 Å². The average molecular weight is 277 g/mol. The highest BCUT2D eigenvalue weighted by Gasteiger charge is 2.61. The molecule has 0 aromatic rings. The molecule has 5 heteroatoms. The summed E-state index contributed by atoms with van der Waals surface area (Å²) in [7, 11) is 1.29. The van der Waals surface area contributed by atoms with Gasteiger partial charge in [-0.05, 0) is 24.7 Å². The van der Waals surface area contributed by atoms with E-state index >= 15 is 0 Å². The van der Waals surface area contributed by atoms with Gasteiger partial charge in [0, 0.05) is 0 Å². The van der Waals surface area contributed by atoms with Gasteiger partial charge in [0.1, 0.15) is 6.04 Å². The molecule has 2 amide bonds. The van der Waals surface area contributed by atoms with Gasteiger partial charge in [0.25, 0.3) is 0 Å². The van der Waals surface area contributed by atoms with Crippen molar-refractivity contribution in [2.75, 3.05) is 7.11 Å². The molecule has 108 valence electrons. The fourth-order valence-corrected chi connectivity index (χ4v) is 3.99. The number of allylic oxidation sites excluding steroid dienone is 2. The molecule has 0 unspecified atom stereocenters. The minimum Gasteiger partial charge on any atom is -0.467 e. The zero-order chi connectivity index (χ0) is 14.4. The third-order valence-electron chi connectivity index (χ3n) is 4.85. The van der Waals surface area contributed by atoms with Crippen molar-refractivity contribution in [2.24, 2.45) is 23.7 Å². The van der Waals surface area contributed by atoms with Gasteiger partial charge in [0.05, 0.1) is 18.9 Å². The predicted octanol–water partition coefficient (Wildman–Crippen LogP) is 1.14. The van der Waals surface area contributed by atoms with Crippen LogP contribution in [0.25, 0.3) is 0 Å². The maximum Gasteiger partial charge on any atom is 0.329 e. The highest BCUT2D eigenvalue weighted by molar-refractivity contribution is 6.08. The molecule has 0 radical (unpaired) electrons. The molecular formula is C15H19NO4. The monoisotopic (exact) mass is 277 g/mol. The van der Waals surface area contributed by atoms with Crippen molar-refractivity contribution in [1.82, 2.24) is 4.90 Å². The minimum atomic E-state index is -0.755. The molecule has 1 aliphatic heterocycles. The molecule has 5 nitrogen and oxygen atoms in total. The number of carbonyl (C=O) groups is 3. The van der Waals surface area contributed by atoms with Crippen molar-refractivity contribution in [3.05, 3.63) is 12.2 Å². The lowest BCUT2D eigenvalue weighted by atomic mass is 9.85. The predicted molar refractivity (Wildman–Crippen MR) is 70.3 cm³/mol. The summed E-state index contributed by atoms with van der Waals surface area (Å²) in [6.07, 6.45) is 6.18. The van der Waals surface area contributed by atoms with Crippen LogP contribution in [0.15, 0.2) is 12.2 Å². The Morgan fingerprint density at radius 1 is 1.30 bits per heavy atom. The van der Waals surface area contributed by atoms with E-state index in [9.17, 15) is 14.4 Å². The van der Waals surface area contributed by atoms with Gasteiger partial charge in [0.15, 0.2) is 0 Å². The maximum atomic E-state index is 12.6. The van der Waals surface area contributed by atoms with Crippen LogP contribution in [-0.4, -0.2) is 35.8 Å². The Labute approximate surface area is 117 Å². The number of esters is 1. The molecule has 3 aliphatic rings. The van der Waals surface area contributed by atoms with Crippen molar-refractivity contribution >= 4 is 17.8 Å². The lowest BCUT2D eigenvalue weighted by Gasteiger charge is -2.25. The summed E-state index contributed by atoms with van der Waals surface area (Å²) in [5, 5.41) is 0. The SMILES string of the molecule is CCC[C@@H](C(=O)OC)N1C(=O)[C@@H]2[C@@H](C1=O)[C@H]1C=C[C@H]2C1. The molecule has 0 N–H and O–H groups in total. The molecule has 2 bridgehead atoms. The first-order chi connectivity index (χ1) is 9.60. The number of hydrogen-bond acceptors (Lipinski definition) is 4. The first-order valence-electron chi connectivity index (χ1n) is 7.23. The molecule has 0 aromatic heterocycles. The van der Waals surface area contributed by atoms with Crippen LogP contribution in [0.2, 0.25) is 0 Å². The van der Waals surface area contributed by atoms with E-state index in [1.165, 1.54) is 12.0 Å². The Balaban J connectivity index is 1.90. The standard InChI is InChI=1S/C15H19NO4/c1-3-4-10(15(19)20-2)16-13(17)11-8-5-6-9(7-8)12(11)14(16)18/h5-6,8-12H,3-4,7H2,1-2H3/t8-,9-,10-,11-,12-/m0/s1. The van der Waals surface area contributed by atoms with E-state index in [1.807, 2.05) is 19.1 Å². The van der Waals surface area contributed by atoms with Crippen LogP contribution in [0, 0.1) is 23.7 Å². The molecule has 1 saturated carbocycles. The van der Waals surface area contributed by atoms with Crippen molar-refractivity contribution in [3.63, 3.8) is 0 Å². The van der Waals surface area contributed by atoms with E-state index in [2.05, 4.69) is 0 Å². The molecule has 5 atom stereocenters. The summed E-state index contributed by atoms with van der Waals surface area (Å²) < 4.78 is 4.76. The molecule has 0 spiro atoms. The van der Waals surface area contributed by atoms with E-state index < -0.39 is 12.0 Å². The van der Waals surface area contributed by atoms with Crippen molar-refractivity contribution in [2.45, 2.75) is 32.2 Å². The van der Waals surface area contributed by atoms with E-state index in [1.54, 1.807) is 0 Å². The highest BCUT2D eigenvalue weighted by atomic mass is 16.5. The highest BCUT2D eigenvalue weighted by Crippen LogP contribution is 2.53. The van der Waals surface area contributed by atoms with Crippen LogP contribution in [-0.2, 0) is 19.1 Å². The minimum absolute atomic E-state index is 0.173. The number of ether oxygens (including phenoxy) is 1. The zero-order valence-corrected chi connectivity index (χ0v) is 11.7. The van der Waals surface area contributed by atoms with Crippen LogP contribution < -0.4 is 0 Å². The van der Waals surface area contributed by atoms with Crippen molar-refractivity contribution in [3.8, 4) is 0 Å². The molecule has 1 heterocycles. The molecule has 20 heavy (non-hydrogen) atoms. The topological polar surface area (TPSA) is 63.7 Å². The van der Waals surface area contributed by atoms with E-state index in [4.69, 9.17) is 4.74 Å². The quantitative estimate of drug-likeness (QED) is 0.439. The number of amides is 2. The molecule has 0 aromatic carbocycles. The Hall–Kier alpha value is -1.65. The largest absolute Gasteiger partial charge is 0.467 e. The van der Waals surface area contributed by atoms with Crippen LogP contribution in [0.3, 0.4) is 0 Å². The molecule has 2 fully saturated rings. The fourth-order valence-electron chi connectivity index (χ4n) is 3.99. The number of rotatable bonds is 4. The first kappa shape index (κ1) is 13.3. The number of hydrogen-bond donors (Lipinski definition) is 0. The van der Waals surface area contributed by atoms with Gasteiger partial charge >= 0.3 is 5.97 Å².